The molecule has 0 saturated heterocycles. The summed E-state index contributed by atoms with van der Waals surface area (Å²) in [5, 5.41) is 9.59. The van der Waals surface area contributed by atoms with Gasteiger partial charge in [0.15, 0.2) is 6.10 Å². The van der Waals surface area contributed by atoms with Gasteiger partial charge in [0, 0.05) is 6.42 Å². The highest BCUT2D eigenvalue weighted by atomic mass is 16.5. The van der Waals surface area contributed by atoms with Crippen LogP contribution in [-0.2, 0) is 11.2 Å². The summed E-state index contributed by atoms with van der Waals surface area (Å²) in [5.41, 5.74) is 5.04. The number of hydrogen-bond acceptors (Lipinski definition) is 2. The number of rotatable bonds is 6. The third-order valence-electron chi connectivity index (χ3n) is 4.37. The minimum atomic E-state index is -0.959. The lowest BCUT2D eigenvalue weighted by atomic mass is 9.99. The van der Waals surface area contributed by atoms with E-state index in [1.807, 2.05) is 74.5 Å². The van der Waals surface area contributed by atoms with Crippen LogP contribution in [-0.4, -0.2) is 17.2 Å². The predicted molar refractivity (Wildman–Crippen MR) is 104 cm³/mol. The molecule has 3 aromatic rings. The molecule has 1 N–H and O–H groups in total. The lowest BCUT2D eigenvalue weighted by Crippen LogP contribution is -2.30. The third-order valence-corrected chi connectivity index (χ3v) is 4.37. The van der Waals surface area contributed by atoms with Gasteiger partial charge in [-0.25, -0.2) is 4.79 Å². The Morgan fingerprint density at radius 3 is 1.96 bits per heavy atom. The third kappa shape index (κ3) is 4.12. The average molecular weight is 346 g/mol. The molecule has 1 atom stereocenters. The van der Waals surface area contributed by atoms with Gasteiger partial charge in [0.05, 0.1) is 0 Å². The van der Waals surface area contributed by atoms with Gasteiger partial charge in [-0.3, -0.25) is 0 Å². The standard InChI is InChI=1S/C23H22O3/c1-16-13-20(19-11-7-4-8-12-19)14-17(2)22(16)26-21(23(24)25)15-18-9-5-3-6-10-18/h3-14,21H,15H2,1-2H3,(H,24,25)/t21-/m0/s1. The lowest BCUT2D eigenvalue weighted by molar-refractivity contribution is -0.145. The molecule has 132 valence electrons. The second-order valence-electron chi connectivity index (χ2n) is 6.44. The molecule has 3 rings (SSSR count). The molecule has 0 amide bonds. The number of carboxylic acids is 1. The fourth-order valence-electron chi connectivity index (χ4n) is 3.08. The predicted octanol–water partition coefficient (Wildman–Crippen LogP) is 5.05. The summed E-state index contributed by atoms with van der Waals surface area (Å²) in [5.74, 6) is -0.312. The minimum Gasteiger partial charge on any atom is -0.478 e. The van der Waals surface area contributed by atoms with Crippen LogP contribution in [0, 0.1) is 13.8 Å². The zero-order chi connectivity index (χ0) is 18.5. The first-order chi connectivity index (χ1) is 12.5. The van der Waals surface area contributed by atoms with Gasteiger partial charge >= 0.3 is 5.97 Å². The van der Waals surface area contributed by atoms with Crippen LogP contribution in [0.3, 0.4) is 0 Å². The zero-order valence-electron chi connectivity index (χ0n) is 15.0. The van der Waals surface area contributed by atoms with E-state index >= 15 is 0 Å². The van der Waals surface area contributed by atoms with Crippen LogP contribution in [0.15, 0.2) is 72.8 Å². The second kappa shape index (κ2) is 7.87. The molecule has 0 unspecified atom stereocenters. The van der Waals surface area contributed by atoms with Crippen LogP contribution in [0.5, 0.6) is 5.75 Å². The largest absolute Gasteiger partial charge is 0.478 e. The Labute approximate surface area is 153 Å². The maximum absolute atomic E-state index is 11.7. The maximum atomic E-state index is 11.7. The maximum Gasteiger partial charge on any atom is 0.345 e. The van der Waals surface area contributed by atoms with Crippen molar-refractivity contribution in [1.29, 1.82) is 0 Å². The highest BCUT2D eigenvalue weighted by molar-refractivity contribution is 5.74. The first kappa shape index (κ1) is 17.7. The van der Waals surface area contributed by atoms with Crippen LogP contribution in [0.25, 0.3) is 11.1 Å². The summed E-state index contributed by atoms with van der Waals surface area (Å²) in [6, 6.07) is 23.7. The average Bonchev–Trinajstić information content (AvgIpc) is 2.65. The van der Waals surface area contributed by atoms with E-state index in [0.717, 1.165) is 27.8 Å². The quantitative estimate of drug-likeness (QED) is 0.680. The first-order valence-electron chi connectivity index (χ1n) is 8.64. The van der Waals surface area contributed by atoms with E-state index < -0.39 is 12.1 Å². The van der Waals surface area contributed by atoms with Crippen LogP contribution < -0.4 is 4.74 Å². The van der Waals surface area contributed by atoms with Gasteiger partial charge in [-0.1, -0.05) is 60.7 Å². The van der Waals surface area contributed by atoms with Crippen molar-refractivity contribution < 1.29 is 14.6 Å². The molecular formula is C23H22O3. The number of carbonyl (C=O) groups is 1. The van der Waals surface area contributed by atoms with E-state index in [0.29, 0.717) is 12.2 Å². The van der Waals surface area contributed by atoms with Crippen LogP contribution in [0.4, 0.5) is 0 Å². The van der Waals surface area contributed by atoms with Crippen molar-refractivity contribution in [3.05, 3.63) is 89.5 Å². The summed E-state index contributed by atoms with van der Waals surface area (Å²) in [6.45, 7) is 3.91. The summed E-state index contributed by atoms with van der Waals surface area (Å²) < 4.78 is 5.93. The molecule has 3 nitrogen and oxygen atoms in total. The minimum absolute atomic E-state index is 0.329. The normalized spacial score (nSPS) is 11.8. The van der Waals surface area contributed by atoms with E-state index in [2.05, 4.69) is 12.1 Å². The molecule has 0 heterocycles. The Bertz CT molecular complexity index is 863. The smallest absolute Gasteiger partial charge is 0.345 e. The molecule has 26 heavy (non-hydrogen) atoms. The Balaban J connectivity index is 1.87. The molecule has 0 aliphatic rings. The van der Waals surface area contributed by atoms with E-state index in [9.17, 15) is 9.90 Å². The first-order valence-corrected chi connectivity index (χ1v) is 8.64. The van der Waals surface area contributed by atoms with Crippen molar-refractivity contribution >= 4 is 5.97 Å². The van der Waals surface area contributed by atoms with Crippen molar-refractivity contribution in [3.63, 3.8) is 0 Å². The van der Waals surface area contributed by atoms with Crippen molar-refractivity contribution in [3.8, 4) is 16.9 Å². The van der Waals surface area contributed by atoms with Gasteiger partial charge < -0.3 is 9.84 Å². The van der Waals surface area contributed by atoms with Gasteiger partial charge in [-0.15, -0.1) is 0 Å². The fraction of sp³-hybridized carbons (Fsp3) is 0.174. The Morgan fingerprint density at radius 1 is 0.885 bits per heavy atom. The van der Waals surface area contributed by atoms with Crippen molar-refractivity contribution in [2.75, 3.05) is 0 Å². The number of hydrogen-bond donors (Lipinski definition) is 1. The Morgan fingerprint density at radius 2 is 1.42 bits per heavy atom. The topological polar surface area (TPSA) is 46.5 Å². The molecule has 0 bridgehead atoms. The molecule has 3 heteroatoms. The number of aliphatic carboxylic acids is 1. The van der Waals surface area contributed by atoms with E-state index in [4.69, 9.17) is 4.74 Å². The highest BCUT2D eigenvalue weighted by Crippen LogP contribution is 2.31. The van der Waals surface area contributed by atoms with Crippen LogP contribution in [0.1, 0.15) is 16.7 Å². The van der Waals surface area contributed by atoms with Gasteiger partial charge in [0.1, 0.15) is 5.75 Å². The van der Waals surface area contributed by atoms with Crippen LogP contribution >= 0.6 is 0 Å². The van der Waals surface area contributed by atoms with Gasteiger partial charge in [0.2, 0.25) is 0 Å². The SMILES string of the molecule is Cc1cc(-c2ccccc2)cc(C)c1O[C@@H](Cc1ccccc1)C(=O)O. The highest BCUT2D eigenvalue weighted by Gasteiger charge is 2.22. The van der Waals surface area contributed by atoms with E-state index in [1.165, 1.54) is 0 Å². The van der Waals surface area contributed by atoms with Crippen molar-refractivity contribution in [2.24, 2.45) is 0 Å². The van der Waals surface area contributed by atoms with Crippen LogP contribution in [0.2, 0.25) is 0 Å². The Hall–Kier alpha value is -3.07. The summed E-state index contributed by atoms with van der Waals surface area (Å²) in [7, 11) is 0. The molecule has 3 aromatic carbocycles. The number of ether oxygens (including phenoxy) is 1. The zero-order valence-corrected chi connectivity index (χ0v) is 15.0. The number of benzene rings is 3. The summed E-state index contributed by atoms with van der Waals surface area (Å²) in [4.78, 5) is 11.7. The van der Waals surface area contributed by atoms with E-state index in [-0.39, 0.29) is 0 Å². The Kier molecular flexibility index (Phi) is 5.37. The number of carboxylic acid groups (broad SMARTS) is 1. The second-order valence-corrected chi connectivity index (χ2v) is 6.44. The van der Waals surface area contributed by atoms with Crippen molar-refractivity contribution in [2.45, 2.75) is 26.4 Å². The van der Waals surface area contributed by atoms with Gasteiger partial charge in [-0.05, 0) is 53.8 Å². The molecule has 0 radical (unpaired) electrons. The van der Waals surface area contributed by atoms with Crippen molar-refractivity contribution in [1.82, 2.24) is 0 Å². The van der Waals surface area contributed by atoms with Gasteiger partial charge in [-0.2, -0.15) is 0 Å². The molecule has 0 aliphatic heterocycles. The molecule has 0 saturated carbocycles. The molecule has 0 fully saturated rings. The molecule has 0 aliphatic carbocycles. The van der Waals surface area contributed by atoms with E-state index in [1.54, 1.807) is 0 Å². The van der Waals surface area contributed by atoms with Gasteiger partial charge in [0.25, 0.3) is 0 Å². The fourth-order valence-corrected chi connectivity index (χ4v) is 3.08. The lowest BCUT2D eigenvalue weighted by Gasteiger charge is -2.19. The molecule has 0 aromatic heterocycles. The molecular weight excluding hydrogens is 324 g/mol. The summed E-state index contributed by atoms with van der Waals surface area (Å²) >= 11 is 0. The monoisotopic (exact) mass is 346 g/mol. The summed E-state index contributed by atoms with van der Waals surface area (Å²) in [6.07, 6.45) is -0.590. The number of aryl methyl sites for hydroxylation is 2. The molecule has 0 spiro atoms.